The van der Waals surface area contributed by atoms with Crippen LogP contribution in [0.15, 0.2) is 24.3 Å². The van der Waals surface area contributed by atoms with Crippen LogP contribution in [0.2, 0.25) is 0 Å². The van der Waals surface area contributed by atoms with E-state index in [2.05, 4.69) is 10.6 Å². The highest BCUT2D eigenvalue weighted by atomic mass is 19.1. The largest absolute Gasteiger partial charge is 0.481 e. The Hall–Kier alpha value is -2.11. The van der Waals surface area contributed by atoms with Gasteiger partial charge in [0.15, 0.2) is 0 Å². The predicted molar refractivity (Wildman–Crippen MR) is 69.5 cm³/mol. The minimum atomic E-state index is -0.916. The zero-order chi connectivity index (χ0) is 14.5. The molecule has 1 aromatic carbocycles. The zero-order valence-electron chi connectivity index (χ0n) is 10.9. The summed E-state index contributed by atoms with van der Waals surface area (Å²) in [5.74, 6) is -1.36. The van der Waals surface area contributed by atoms with Crippen molar-refractivity contribution >= 4 is 17.7 Å². The van der Waals surface area contributed by atoms with Gasteiger partial charge in [-0.3, -0.25) is 4.79 Å². The van der Waals surface area contributed by atoms with Gasteiger partial charge in [-0.25, -0.2) is 9.18 Å². The summed E-state index contributed by atoms with van der Waals surface area (Å²) in [6.45, 7) is 3.45. The molecule has 104 valence electrons. The lowest BCUT2D eigenvalue weighted by Crippen LogP contribution is -2.45. The van der Waals surface area contributed by atoms with Gasteiger partial charge in [0, 0.05) is 17.6 Å². The molecule has 0 spiro atoms. The van der Waals surface area contributed by atoms with E-state index in [4.69, 9.17) is 5.11 Å². The van der Waals surface area contributed by atoms with E-state index < -0.39 is 23.4 Å². The molecule has 0 heterocycles. The van der Waals surface area contributed by atoms with Crippen molar-refractivity contribution < 1.29 is 19.1 Å². The number of carboxylic acids is 1. The van der Waals surface area contributed by atoms with Crippen LogP contribution >= 0.6 is 0 Å². The lowest BCUT2D eigenvalue weighted by molar-refractivity contribution is -0.137. The van der Waals surface area contributed by atoms with Crippen molar-refractivity contribution in [2.45, 2.75) is 32.2 Å². The molecular formula is C13H17FN2O3. The van der Waals surface area contributed by atoms with Gasteiger partial charge in [0.05, 0.1) is 0 Å². The normalized spacial score (nSPS) is 10.9. The van der Waals surface area contributed by atoms with Crippen LogP contribution in [0.1, 0.15) is 26.7 Å². The fraction of sp³-hybridized carbons (Fsp3) is 0.385. The van der Waals surface area contributed by atoms with Gasteiger partial charge in [-0.05, 0) is 38.5 Å². The first-order valence-corrected chi connectivity index (χ1v) is 5.85. The van der Waals surface area contributed by atoms with E-state index in [0.29, 0.717) is 12.1 Å². The van der Waals surface area contributed by atoms with E-state index in [1.165, 1.54) is 18.2 Å². The Bertz CT molecular complexity index is 475. The third kappa shape index (κ3) is 5.85. The van der Waals surface area contributed by atoms with Gasteiger partial charge in [0.1, 0.15) is 5.82 Å². The average molecular weight is 268 g/mol. The number of halogens is 1. The second-order valence-corrected chi connectivity index (χ2v) is 4.87. The van der Waals surface area contributed by atoms with Crippen molar-refractivity contribution in [1.82, 2.24) is 5.32 Å². The quantitative estimate of drug-likeness (QED) is 0.768. The second-order valence-electron chi connectivity index (χ2n) is 4.87. The highest BCUT2D eigenvalue weighted by molar-refractivity contribution is 5.89. The Morgan fingerprint density at radius 3 is 2.63 bits per heavy atom. The zero-order valence-corrected chi connectivity index (χ0v) is 10.9. The number of amides is 2. The van der Waals surface area contributed by atoms with Gasteiger partial charge < -0.3 is 15.7 Å². The summed E-state index contributed by atoms with van der Waals surface area (Å²) >= 11 is 0. The molecule has 0 unspecified atom stereocenters. The third-order valence-electron chi connectivity index (χ3n) is 2.50. The molecule has 3 N–H and O–H groups in total. The fourth-order valence-electron chi connectivity index (χ4n) is 1.52. The number of carbonyl (C=O) groups excluding carboxylic acids is 1. The lowest BCUT2D eigenvalue weighted by Gasteiger charge is -2.25. The standard InChI is InChI=1S/C13H17FN2O3/c1-13(2,7-6-11(17)18)16-12(19)15-10-5-3-4-9(14)8-10/h3-5,8H,6-7H2,1-2H3,(H,17,18)(H2,15,16,19). The number of aliphatic carboxylic acids is 1. The molecule has 19 heavy (non-hydrogen) atoms. The molecule has 6 heteroatoms. The number of rotatable bonds is 5. The van der Waals surface area contributed by atoms with Crippen molar-refractivity contribution in [2.75, 3.05) is 5.32 Å². The topological polar surface area (TPSA) is 78.4 Å². The smallest absolute Gasteiger partial charge is 0.319 e. The molecule has 0 aliphatic heterocycles. The molecule has 0 saturated heterocycles. The summed E-state index contributed by atoms with van der Waals surface area (Å²) in [7, 11) is 0. The Morgan fingerprint density at radius 2 is 2.05 bits per heavy atom. The molecular weight excluding hydrogens is 251 g/mol. The highest BCUT2D eigenvalue weighted by Gasteiger charge is 2.21. The number of hydrogen-bond donors (Lipinski definition) is 3. The Balaban J connectivity index is 2.52. The van der Waals surface area contributed by atoms with Gasteiger partial charge >= 0.3 is 12.0 Å². The monoisotopic (exact) mass is 268 g/mol. The van der Waals surface area contributed by atoms with E-state index in [1.807, 2.05) is 0 Å². The minimum Gasteiger partial charge on any atom is -0.481 e. The predicted octanol–water partition coefficient (Wildman–Crippen LogP) is 2.59. The van der Waals surface area contributed by atoms with Gasteiger partial charge in [-0.1, -0.05) is 6.07 Å². The number of urea groups is 1. The van der Waals surface area contributed by atoms with Crippen molar-refractivity contribution in [3.05, 3.63) is 30.1 Å². The van der Waals surface area contributed by atoms with Gasteiger partial charge in [-0.15, -0.1) is 0 Å². The molecule has 0 atom stereocenters. The number of anilines is 1. The number of carboxylic acid groups (broad SMARTS) is 1. The van der Waals surface area contributed by atoms with E-state index in [0.717, 1.165) is 0 Å². The van der Waals surface area contributed by atoms with E-state index in [-0.39, 0.29) is 6.42 Å². The summed E-state index contributed by atoms with van der Waals surface area (Å²) in [4.78, 5) is 22.2. The molecule has 0 fully saturated rings. The molecule has 0 aromatic heterocycles. The molecule has 1 aromatic rings. The summed E-state index contributed by atoms with van der Waals surface area (Å²) in [5, 5.41) is 13.7. The van der Waals surface area contributed by atoms with Crippen LogP contribution in [0, 0.1) is 5.82 Å². The molecule has 0 bridgehead atoms. The number of hydrogen-bond acceptors (Lipinski definition) is 2. The Kier molecular flexibility index (Phi) is 4.86. The molecule has 0 aliphatic rings. The van der Waals surface area contributed by atoms with Crippen LogP contribution in [-0.4, -0.2) is 22.6 Å². The van der Waals surface area contributed by atoms with Gasteiger partial charge in [0.2, 0.25) is 0 Å². The lowest BCUT2D eigenvalue weighted by atomic mass is 9.99. The van der Waals surface area contributed by atoms with Crippen LogP contribution in [-0.2, 0) is 4.79 Å². The van der Waals surface area contributed by atoms with Crippen molar-refractivity contribution in [2.24, 2.45) is 0 Å². The van der Waals surface area contributed by atoms with Crippen LogP contribution in [0.5, 0.6) is 0 Å². The maximum absolute atomic E-state index is 12.9. The van der Waals surface area contributed by atoms with Crippen molar-refractivity contribution in [3.63, 3.8) is 0 Å². The summed E-state index contributed by atoms with van der Waals surface area (Å²) in [5.41, 5.74) is -0.318. The molecule has 0 aliphatic carbocycles. The molecule has 2 amide bonds. The van der Waals surface area contributed by atoms with E-state index in [1.54, 1.807) is 19.9 Å². The van der Waals surface area contributed by atoms with Crippen LogP contribution in [0.3, 0.4) is 0 Å². The molecule has 5 nitrogen and oxygen atoms in total. The molecule has 0 saturated carbocycles. The Labute approximate surface area is 110 Å². The van der Waals surface area contributed by atoms with Crippen molar-refractivity contribution in [1.29, 1.82) is 0 Å². The first-order valence-electron chi connectivity index (χ1n) is 5.85. The second kappa shape index (κ2) is 6.17. The first-order chi connectivity index (χ1) is 8.78. The van der Waals surface area contributed by atoms with E-state index in [9.17, 15) is 14.0 Å². The van der Waals surface area contributed by atoms with Crippen LogP contribution in [0.4, 0.5) is 14.9 Å². The maximum Gasteiger partial charge on any atom is 0.319 e. The molecule has 1 rings (SSSR count). The number of nitrogens with one attached hydrogen (secondary N) is 2. The van der Waals surface area contributed by atoms with Crippen molar-refractivity contribution in [3.8, 4) is 0 Å². The van der Waals surface area contributed by atoms with Crippen LogP contribution in [0.25, 0.3) is 0 Å². The maximum atomic E-state index is 12.9. The third-order valence-corrected chi connectivity index (χ3v) is 2.50. The average Bonchev–Trinajstić information content (AvgIpc) is 2.25. The fourth-order valence-corrected chi connectivity index (χ4v) is 1.52. The SMILES string of the molecule is CC(C)(CCC(=O)O)NC(=O)Nc1cccc(F)c1. The van der Waals surface area contributed by atoms with E-state index >= 15 is 0 Å². The Morgan fingerprint density at radius 1 is 1.37 bits per heavy atom. The summed E-state index contributed by atoms with van der Waals surface area (Å²) in [6.07, 6.45) is 0.270. The highest BCUT2D eigenvalue weighted by Crippen LogP contribution is 2.13. The van der Waals surface area contributed by atoms with Gasteiger partial charge in [0.25, 0.3) is 0 Å². The van der Waals surface area contributed by atoms with Crippen LogP contribution < -0.4 is 10.6 Å². The summed E-state index contributed by atoms with van der Waals surface area (Å²) < 4.78 is 12.9. The number of benzene rings is 1. The van der Waals surface area contributed by atoms with Gasteiger partial charge in [-0.2, -0.15) is 0 Å². The minimum absolute atomic E-state index is 0.0345. The summed E-state index contributed by atoms with van der Waals surface area (Å²) in [6, 6.07) is 5.03. The number of carbonyl (C=O) groups is 2. The first kappa shape index (κ1) is 14.9. The molecule has 0 radical (unpaired) electrons.